The fourth-order valence-corrected chi connectivity index (χ4v) is 2.85. The molecule has 8 nitrogen and oxygen atoms in total. The van der Waals surface area contributed by atoms with Gasteiger partial charge in [0.1, 0.15) is 12.3 Å². The average Bonchev–Trinajstić information content (AvgIpc) is 3.04. The molecule has 1 heterocycles. The van der Waals surface area contributed by atoms with Crippen molar-refractivity contribution in [3.8, 4) is 22.8 Å². The summed E-state index contributed by atoms with van der Waals surface area (Å²) in [5.74, 6) is 0.888. The minimum atomic E-state index is -0.378. The molecular weight excluding hydrogens is 370 g/mol. The molecule has 0 aliphatic heterocycles. The molecule has 1 aromatic heterocycles. The summed E-state index contributed by atoms with van der Waals surface area (Å²) in [6, 6.07) is 16.4. The number of nitrogens with one attached hydrogen (secondary N) is 1. The molecule has 0 spiro atoms. The van der Waals surface area contributed by atoms with E-state index in [1.807, 2.05) is 49.3 Å². The molecule has 1 amide bonds. The SMILES string of the molecule is COc1ccc(-n2nc(-c3ccccc3)n(CC(=O)NCCN(C)C)c2=O)cc1. The lowest BCUT2D eigenvalue weighted by atomic mass is 10.2. The molecule has 0 saturated carbocycles. The number of ether oxygens (including phenoxy) is 1. The molecule has 1 N–H and O–H groups in total. The molecule has 0 bridgehead atoms. The van der Waals surface area contributed by atoms with Crippen LogP contribution in [0.4, 0.5) is 0 Å². The van der Waals surface area contributed by atoms with Crippen molar-refractivity contribution in [3.05, 3.63) is 65.1 Å². The van der Waals surface area contributed by atoms with Crippen LogP contribution in [0.5, 0.6) is 5.75 Å². The number of nitrogens with zero attached hydrogens (tertiary/aromatic N) is 4. The Hall–Kier alpha value is -3.39. The first-order valence-electron chi connectivity index (χ1n) is 9.30. The Morgan fingerprint density at radius 1 is 1.10 bits per heavy atom. The van der Waals surface area contributed by atoms with Gasteiger partial charge in [0.2, 0.25) is 5.91 Å². The standard InChI is InChI=1S/C21H25N5O3/c1-24(2)14-13-22-19(27)15-25-20(16-7-5-4-6-8-16)23-26(21(25)28)17-9-11-18(29-3)12-10-17/h4-12H,13-15H2,1-3H3,(H,22,27). The lowest BCUT2D eigenvalue weighted by Gasteiger charge is -2.11. The van der Waals surface area contributed by atoms with E-state index in [-0.39, 0.29) is 18.1 Å². The van der Waals surface area contributed by atoms with Gasteiger partial charge < -0.3 is 15.0 Å². The molecule has 29 heavy (non-hydrogen) atoms. The lowest BCUT2D eigenvalue weighted by molar-refractivity contribution is -0.121. The van der Waals surface area contributed by atoms with Crippen LogP contribution in [0.25, 0.3) is 17.1 Å². The first-order chi connectivity index (χ1) is 14.0. The maximum absolute atomic E-state index is 13.1. The summed E-state index contributed by atoms with van der Waals surface area (Å²) in [6.45, 7) is 1.12. The summed E-state index contributed by atoms with van der Waals surface area (Å²) < 4.78 is 7.86. The molecule has 0 unspecified atom stereocenters. The number of hydrogen-bond donors (Lipinski definition) is 1. The highest BCUT2D eigenvalue weighted by atomic mass is 16.5. The zero-order valence-corrected chi connectivity index (χ0v) is 16.8. The molecule has 3 aromatic rings. The fourth-order valence-electron chi connectivity index (χ4n) is 2.85. The van der Waals surface area contributed by atoms with Crippen LogP contribution in [0.1, 0.15) is 0 Å². The van der Waals surface area contributed by atoms with Gasteiger partial charge in [0, 0.05) is 18.7 Å². The van der Waals surface area contributed by atoms with Gasteiger partial charge in [-0.05, 0) is 38.4 Å². The molecule has 0 aliphatic carbocycles. The van der Waals surface area contributed by atoms with Crippen molar-refractivity contribution in [2.45, 2.75) is 6.54 Å². The molecule has 0 aliphatic rings. The summed E-state index contributed by atoms with van der Waals surface area (Å²) in [6.07, 6.45) is 0. The number of likely N-dealkylation sites (N-methyl/N-ethyl adjacent to an activating group) is 1. The molecular formula is C21H25N5O3. The Kier molecular flexibility index (Phi) is 6.46. The molecule has 3 rings (SSSR count). The molecule has 0 radical (unpaired) electrons. The molecule has 0 fully saturated rings. The van der Waals surface area contributed by atoms with E-state index < -0.39 is 0 Å². The smallest absolute Gasteiger partial charge is 0.351 e. The average molecular weight is 395 g/mol. The van der Waals surface area contributed by atoms with Gasteiger partial charge in [0.25, 0.3) is 0 Å². The quantitative estimate of drug-likeness (QED) is 0.623. The van der Waals surface area contributed by atoms with Crippen molar-refractivity contribution < 1.29 is 9.53 Å². The minimum Gasteiger partial charge on any atom is -0.497 e. The van der Waals surface area contributed by atoms with E-state index in [0.717, 1.165) is 12.1 Å². The van der Waals surface area contributed by atoms with Crippen LogP contribution in [0.2, 0.25) is 0 Å². The van der Waals surface area contributed by atoms with Crippen molar-refractivity contribution in [2.24, 2.45) is 0 Å². The second-order valence-corrected chi connectivity index (χ2v) is 6.82. The van der Waals surface area contributed by atoms with Crippen LogP contribution >= 0.6 is 0 Å². The highest BCUT2D eigenvalue weighted by Gasteiger charge is 2.18. The summed E-state index contributed by atoms with van der Waals surface area (Å²) in [4.78, 5) is 27.5. The van der Waals surface area contributed by atoms with E-state index in [0.29, 0.717) is 23.8 Å². The molecule has 2 aromatic carbocycles. The van der Waals surface area contributed by atoms with Crippen molar-refractivity contribution in [3.63, 3.8) is 0 Å². The first kappa shape index (κ1) is 20.3. The topological polar surface area (TPSA) is 81.4 Å². The Morgan fingerprint density at radius 2 is 1.79 bits per heavy atom. The van der Waals surface area contributed by atoms with Gasteiger partial charge in [0.05, 0.1) is 12.8 Å². The number of methoxy groups -OCH3 is 1. The Bertz CT molecular complexity index is 1010. The molecule has 0 saturated heterocycles. The predicted octanol–water partition coefficient (Wildman–Crippen LogP) is 1.39. The van der Waals surface area contributed by atoms with Crippen LogP contribution in [-0.2, 0) is 11.3 Å². The van der Waals surface area contributed by atoms with Gasteiger partial charge in [-0.3, -0.25) is 9.36 Å². The second-order valence-electron chi connectivity index (χ2n) is 6.82. The summed E-state index contributed by atoms with van der Waals surface area (Å²) in [5, 5.41) is 7.34. The number of benzene rings is 2. The van der Waals surface area contributed by atoms with E-state index in [4.69, 9.17) is 4.74 Å². The Labute approximate surface area is 169 Å². The minimum absolute atomic E-state index is 0.105. The third kappa shape index (κ3) is 4.91. The molecule has 152 valence electrons. The highest BCUT2D eigenvalue weighted by molar-refractivity contribution is 5.76. The highest BCUT2D eigenvalue weighted by Crippen LogP contribution is 2.18. The largest absolute Gasteiger partial charge is 0.497 e. The maximum atomic E-state index is 13.1. The Balaban J connectivity index is 1.95. The zero-order valence-electron chi connectivity index (χ0n) is 16.8. The number of hydrogen-bond acceptors (Lipinski definition) is 5. The van der Waals surface area contributed by atoms with E-state index in [1.165, 1.54) is 9.25 Å². The number of carbonyl (C=O) groups is 1. The summed E-state index contributed by atoms with van der Waals surface area (Å²) >= 11 is 0. The number of amides is 1. The van der Waals surface area contributed by atoms with Crippen molar-refractivity contribution in [2.75, 3.05) is 34.3 Å². The van der Waals surface area contributed by atoms with Crippen LogP contribution in [0, 0.1) is 0 Å². The molecule has 8 heteroatoms. The fraction of sp³-hybridized carbons (Fsp3) is 0.286. The van der Waals surface area contributed by atoms with Gasteiger partial charge >= 0.3 is 5.69 Å². The van der Waals surface area contributed by atoms with Gasteiger partial charge in [-0.25, -0.2) is 4.79 Å². The van der Waals surface area contributed by atoms with E-state index in [2.05, 4.69) is 10.4 Å². The summed E-state index contributed by atoms with van der Waals surface area (Å²) in [7, 11) is 5.45. The van der Waals surface area contributed by atoms with Crippen LogP contribution < -0.4 is 15.7 Å². The van der Waals surface area contributed by atoms with Crippen LogP contribution in [0.15, 0.2) is 59.4 Å². The van der Waals surface area contributed by atoms with Gasteiger partial charge in [-0.15, -0.1) is 5.10 Å². The lowest BCUT2D eigenvalue weighted by Crippen LogP contribution is -2.36. The normalized spacial score (nSPS) is 10.9. The number of rotatable bonds is 8. The van der Waals surface area contributed by atoms with E-state index >= 15 is 0 Å². The number of aromatic nitrogens is 3. The van der Waals surface area contributed by atoms with E-state index in [1.54, 1.807) is 31.4 Å². The third-order valence-electron chi connectivity index (χ3n) is 4.39. The summed E-state index contributed by atoms with van der Waals surface area (Å²) in [5.41, 5.74) is 0.981. The third-order valence-corrected chi connectivity index (χ3v) is 4.39. The molecule has 0 atom stereocenters. The van der Waals surface area contributed by atoms with Crippen molar-refractivity contribution in [1.82, 2.24) is 24.6 Å². The predicted molar refractivity (Wildman–Crippen MR) is 111 cm³/mol. The van der Waals surface area contributed by atoms with Gasteiger partial charge in [-0.2, -0.15) is 4.68 Å². The van der Waals surface area contributed by atoms with Gasteiger partial charge in [-0.1, -0.05) is 30.3 Å². The Morgan fingerprint density at radius 3 is 2.41 bits per heavy atom. The maximum Gasteiger partial charge on any atom is 0.351 e. The zero-order chi connectivity index (χ0) is 20.8. The monoisotopic (exact) mass is 395 g/mol. The first-order valence-corrected chi connectivity index (χ1v) is 9.30. The van der Waals surface area contributed by atoms with Crippen LogP contribution in [0.3, 0.4) is 0 Å². The number of carbonyl (C=O) groups excluding carboxylic acids is 1. The van der Waals surface area contributed by atoms with E-state index in [9.17, 15) is 9.59 Å². The van der Waals surface area contributed by atoms with Crippen molar-refractivity contribution in [1.29, 1.82) is 0 Å². The van der Waals surface area contributed by atoms with Crippen molar-refractivity contribution >= 4 is 5.91 Å². The van der Waals surface area contributed by atoms with Crippen LogP contribution in [-0.4, -0.2) is 59.4 Å². The second kappa shape index (κ2) is 9.20. The van der Waals surface area contributed by atoms with Gasteiger partial charge in [0.15, 0.2) is 5.82 Å².